The quantitative estimate of drug-likeness (QED) is 0.395. The van der Waals surface area contributed by atoms with Crippen LogP contribution in [0.1, 0.15) is 18.1 Å². The number of carboxylic acid groups (broad SMARTS) is 1. The normalized spacial score (nSPS) is 11.8. The van der Waals surface area contributed by atoms with Gasteiger partial charge in [0.15, 0.2) is 0 Å². The molecular formula is C21H23NO6S. The third-order valence-electron chi connectivity index (χ3n) is 3.81. The Hall–Kier alpha value is -2.97. The molecule has 7 nitrogen and oxygen atoms in total. The van der Waals surface area contributed by atoms with Gasteiger partial charge in [0.1, 0.15) is 18.5 Å². The zero-order valence-electron chi connectivity index (χ0n) is 15.9. The Kier molecular flexibility index (Phi) is 9.07. The van der Waals surface area contributed by atoms with Gasteiger partial charge in [-0.15, -0.1) is 11.8 Å². The number of nitrogens with one attached hydrogen (secondary N) is 1. The van der Waals surface area contributed by atoms with Crippen molar-refractivity contribution in [2.75, 3.05) is 24.8 Å². The van der Waals surface area contributed by atoms with E-state index in [1.165, 1.54) is 6.08 Å². The van der Waals surface area contributed by atoms with Gasteiger partial charge in [-0.25, -0.2) is 9.59 Å². The van der Waals surface area contributed by atoms with E-state index in [0.29, 0.717) is 17.0 Å². The summed E-state index contributed by atoms with van der Waals surface area (Å²) in [4.78, 5) is 24.1. The first-order valence-corrected chi connectivity index (χ1v) is 10.1. The maximum absolute atomic E-state index is 12.3. The van der Waals surface area contributed by atoms with Gasteiger partial charge in [-0.05, 0) is 48.2 Å². The molecule has 2 aromatic rings. The molecule has 0 bridgehead atoms. The average Bonchev–Trinajstić information content (AvgIpc) is 2.72. The molecule has 2 rings (SSSR count). The van der Waals surface area contributed by atoms with Gasteiger partial charge in [-0.1, -0.05) is 18.2 Å². The SMILES string of the molecule is CSc1ccc(NC(=O)O[C@H](C/C=C/C(=O)O)c2ccc(OCCO)cc2)cc1. The molecule has 0 heterocycles. The lowest BCUT2D eigenvalue weighted by Gasteiger charge is -2.18. The summed E-state index contributed by atoms with van der Waals surface area (Å²) in [6, 6.07) is 14.2. The summed E-state index contributed by atoms with van der Waals surface area (Å²) in [6.45, 7) is 0.0872. The van der Waals surface area contributed by atoms with Crippen LogP contribution in [-0.2, 0) is 9.53 Å². The van der Waals surface area contributed by atoms with E-state index in [-0.39, 0.29) is 19.6 Å². The van der Waals surface area contributed by atoms with E-state index in [1.54, 1.807) is 48.2 Å². The van der Waals surface area contributed by atoms with Gasteiger partial charge in [-0.3, -0.25) is 5.32 Å². The molecule has 1 atom stereocenters. The largest absolute Gasteiger partial charge is 0.491 e. The molecule has 1 amide bonds. The van der Waals surface area contributed by atoms with Crippen LogP contribution in [0.4, 0.5) is 10.5 Å². The summed E-state index contributed by atoms with van der Waals surface area (Å²) in [5.74, 6) is -0.504. The Morgan fingerprint density at radius 2 is 1.83 bits per heavy atom. The lowest BCUT2D eigenvalue weighted by atomic mass is 10.1. The van der Waals surface area contributed by atoms with E-state index < -0.39 is 18.2 Å². The Bertz CT molecular complexity index is 820. The maximum atomic E-state index is 12.3. The molecule has 0 radical (unpaired) electrons. The Morgan fingerprint density at radius 3 is 2.41 bits per heavy atom. The van der Waals surface area contributed by atoms with Gasteiger partial charge in [0, 0.05) is 23.1 Å². The second-order valence-electron chi connectivity index (χ2n) is 5.86. The average molecular weight is 417 g/mol. The topological polar surface area (TPSA) is 105 Å². The molecular weight excluding hydrogens is 394 g/mol. The van der Waals surface area contributed by atoms with Gasteiger partial charge in [0.2, 0.25) is 0 Å². The number of carboxylic acids is 1. The lowest BCUT2D eigenvalue weighted by molar-refractivity contribution is -0.131. The van der Waals surface area contributed by atoms with Crippen molar-refractivity contribution in [3.05, 3.63) is 66.2 Å². The molecule has 0 aromatic heterocycles. The molecule has 0 fully saturated rings. The van der Waals surface area contributed by atoms with Crippen molar-refractivity contribution in [2.24, 2.45) is 0 Å². The van der Waals surface area contributed by atoms with Gasteiger partial charge >= 0.3 is 12.1 Å². The Labute approximate surface area is 173 Å². The van der Waals surface area contributed by atoms with Crippen molar-refractivity contribution in [1.82, 2.24) is 0 Å². The summed E-state index contributed by atoms with van der Waals surface area (Å²) < 4.78 is 10.8. The zero-order chi connectivity index (χ0) is 21.1. The van der Waals surface area contributed by atoms with Crippen molar-refractivity contribution in [3.8, 4) is 5.75 Å². The number of rotatable bonds is 10. The number of anilines is 1. The minimum absolute atomic E-state index is 0.0917. The highest BCUT2D eigenvalue weighted by Gasteiger charge is 2.16. The van der Waals surface area contributed by atoms with Crippen molar-refractivity contribution < 1.29 is 29.3 Å². The van der Waals surface area contributed by atoms with E-state index in [9.17, 15) is 9.59 Å². The lowest BCUT2D eigenvalue weighted by Crippen LogP contribution is -2.17. The Balaban J connectivity index is 2.07. The van der Waals surface area contributed by atoms with Crippen molar-refractivity contribution in [3.63, 3.8) is 0 Å². The first kappa shape index (κ1) is 22.3. The monoisotopic (exact) mass is 417 g/mol. The van der Waals surface area contributed by atoms with Gasteiger partial charge in [0.05, 0.1) is 6.61 Å². The third-order valence-corrected chi connectivity index (χ3v) is 4.55. The molecule has 8 heteroatoms. The van der Waals surface area contributed by atoms with Crippen LogP contribution in [0.15, 0.2) is 65.6 Å². The van der Waals surface area contributed by atoms with Gasteiger partial charge in [-0.2, -0.15) is 0 Å². The number of hydrogen-bond acceptors (Lipinski definition) is 6. The fraction of sp³-hybridized carbons (Fsp3) is 0.238. The molecule has 0 spiro atoms. The number of aliphatic carboxylic acids is 1. The smallest absolute Gasteiger partial charge is 0.412 e. The first-order valence-electron chi connectivity index (χ1n) is 8.86. The highest BCUT2D eigenvalue weighted by Crippen LogP contribution is 2.25. The summed E-state index contributed by atoms with van der Waals surface area (Å²) in [5, 5.41) is 20.3. The number of aliphatic hydroxyl groups is 1. The number of carbonyl (C=O) groups excluding carboxylic acids is 1. The number of benzene rings is 2. The second kappa shape index (κ2) is 11.8. The predicted octanol–water partition coefficient (Wildman–Crippen LogP) is 4.10. The van der Waals surface area contributed by atoms with E-state index >= 15 is 0 Å². The van der Waals surface area contributed by atoms with Gasteiger partial charge < -0.3 is 19.7 Å². The number of ether oxygens (including phenoxy) is 2. The van der Waals surface area contributed by atoms with Crippen LogP contribution in [0.3, 0.4) is 0 Å². The molecule has 2 aromatic carbocycles. The summed E-state index contributed by atoms with van der Waals surface area (Å²) >= 11 is 1.60. The van der Waals surface area contributed by atoms with E-state index in [1.807, 2.05) is 18.4 Å². The standard InChI is InChI=1S/C21H23NO6S/c1-29-18-11-7-16(8-12-18)22-21(26)28-19(3-2-4-20(24)25)15-5-9-17(10-6-15)27-14-13-23/h2,4-12,19,23H,3,13-14H2,1H3,(H,22,26)(H,24,25)/b4-2+/t19-/m1/s1. The fourth-order valence-electron chi connectivity index (χ4n) is 2.44. The summed E-state index contributed by atoms with van der Waals surface area (Å²) in [6.07, 6.45) is 3.28. The van der Waals surface area contributed by atoms with Crippen LogP contribution in [0.25, 0.3) is 0 Å². The first-order chi connectivity index (χ1) is 14.0. The second-order valence-corrected chi connectivity index (χ2v) is 6.74. The molecule has 154 valence electrons. The summed E-state index contributed by atoms with van der Waals surface area (Å²) in [5.41, 5.74) is 1.28. The van der Waals surface area contributed by atoms with Crippen LogP contribution >= 0.6 is 11.8 Å². The maximum Gasteiger partial charge on any atom is 0.412 e. The minimum Gasteiger partial charge on any atom is -0.491 e. The van der Waals surface area contributed by atoms with E-state index in [4.69, 9.17) is 19.7 Å². The zero-order valence-corrected chi connectivity index (χ0v) is 16.7. The van der Waals surface area contributed by atoms with Crippen LogP contribution in [0.5, 0.6) is 5.75 Å². The molecule has 0 saturated heterocycles. The van der Waals surface area contributed by atoms with Crippen LogP contribution in [-0.4, -0.2) is 41.7 Å². The Morgan fingerprint density at radius 1 is 1.14 bits per heavy atom. The molecule has 3 N–H and O–H groups in total. The number of thioether (sulfide) groups is 1. The molecule has 0 aliphatic rings. The van der Waals surface area contributed by atoms with Crippen molar-refractivity contribution in [2.45, 2.75) is 17.4 Å². The fourth-order valence-corrected chi connectivity index (χ4v) is 2.85. The van der Waals surface area contributed by atoms with E-state index in [0.717, 1.165) is 11.0 Å². The summed E-state index contributed by atoms with van der Waals surface area (Å²) in [7, 11) is 0. The molecule has 29 heavy (non-hydrogen) atoms. The minimum atomic E-state index is -1.07. The molecule has 0 aliphatic carbocycles. The molecule has 0 saturated carbocycles. The third kappa shape index (κ3) is 7.89. The molecule has 0 aliphatic heterocycles. The van der Waals surface area contributed by atoms with Gasteiger partial charge in [0.25, 0.3) is 0 Å². The highest BCUT2D eigenvalue weighted by molar-refractivity contribution is 7.98. The predicted molar refractivity (Wildman–Crippen MR) is 111 cm³/mol. The number of hydrogen-bond donors (Lipinski definition) is 3. The number of amides is 1. The number of aliphatic hydroxyl groups excluding tert-OH is 1. The van der Waals surface area contributed by atoms with Crippen LogP contribution in [0.2, 0.25) is 0 Å². The van der Waals surface area contributed by atoms with E-state index in [2.05, 4.69) is 5.32 Å². The van der Waals surface area contributed by atoms with Crippen LogP contribution < -0.4 is 10.1 Å². The van der Waals surface area contributed by atoms with Crippen molar-refractivity contribution in [1.29, 1.82) is 0 Å². The highest BCUT2D eigenvalue weighted by atomic mass is 32.2. The number of carbonyl (C=O) groups is 2. The van der Waals surface area contributed by atoms with Crippen molar-refractivity contribution >= 4 is 29.5 Å². The molecule has 0 unspecified atom stereocenters. The van der Waals surface area contributed by atoms with Crippen LogP contribution in [0, 0.1) is 0 Å².